The Hall–Kier alpha value is -1.34. The van der Waals surface area contributed by atoms with Crippen molar-refractivity contribution in [1.29, 1.82) is 0 Å². The maximum Gasteiger partial charge on any atom is 0.347 e. The van der Waals surface area contributed by atoms with Crippen molar-refractivity contribution in [1.82, 2.24) is 0 Å². The number of carbonyl (C=O) groups is 1. The maximum absolute atomic E-state index is 11.4. The van der Waals surface area contributed by atoms with Gasteiger partial charge < -0.3 is 9.47 Å². The number of carbonyl (C=O) groups excluding carboxylic acids is 1. The molecule has 1 rings (SSSR count). The van der Waals surface area contributed by atoms with E-state index < -0.39 is 17.0 Å². The monoisotopic (exact) mass is 351 g/mol. The Morgan fingerprint density at radius 2 is 2.21 bits per heavy atom. The molecule has 6 nitrogen and oxygen atoms in total. The zero-order chi connectivity index (χ0) is 14.6. The highest BCUT2D eigenvalue weighted by molar-refractivity contribution is 9.10. The summed E-state index contributed by atoms with van der Waals surface area (Å²) in [7, 11) is 0. The van der Waals surface area contributed by atoms with Gasteiger partial charge in [0.1, 0.15) is 0 Å². The molecule has 1 aromatic rings. The van der Waals surface area contributed by atoms with Gasteiger partial charge in [0.05, 0.1) is 16.6 Å². The third-order valence-electron chi connectivity index (χ3n) is 2.10. The molecule has 0 radical (unpaired) electrons. The number of hydrogen-bond donors (Lipinski definition) is 0. The smallest absolute Gasteiger partial charge is 0.347 e. The number of nitro benzene ring substituents is 1. The van der Waals surface area contributed by atoms with E-state index in [2.05, 4.69) is 15.9 Å². The van der Waals surface area contributed by atoms with E-state index in [9.17, 15) is 14.9 Å². The van der Waals surface area contributed by atoms with Gasteiger partial charge in [0.2, 0.25) is 5.75 Å². The molecule has 19 heavy (non-hydrogen) atoms. The summed E-state index contributed by atoms with van der Waals surface area (Å²) in [6.07, 6.45) is -0.989. The van der Waals surface area contributed by atoms with Crippen molar-refractivity contribution in [3.05, 3.63) is 31.7 Å². The number of halogens is 2. The van der Waals surface area contributed by atoms with Gasteiger partial charge >= 0.3 is 11.7 Å². The Morgan fingerprint density at radius 1 is 1.58 bits per heavy atom. The number of nitrogens with zero attached hydrogens (tertiary/aromatic N) is 1. The van der Waals surface area contributed by atoms with E-state index in [4.69, 9.17) is 21.1 Å². The first kappa shape index (κ1) is 15.7. The van der Waals surface area contributed by atoms with Crippen LogP contribution in [0.3, 0.4) is 0 Å². The van der Waals surface area contributed by atoms with Gasteiger partial charge in [-0.3, -0.25) is 10.1 Å². The molecule has 0 saturated carbocycles. The van der Waals surface area contributed by atoms with Crippen molar-refractivity contribution in [2.75, 3.05) is 6.61 Å². The fourth-order valence-corrected chi connectivity index (χ4v) is 2.12. The summed E-state index contributed by atoms with van der Waals surface area (Å²) in [6, 6.07) is 2.70. The van der Waals surface area contributed by atoms with Crippen LogP contribution in [0.15, 0.2) is 16.6 Å². The molecule has 0 spiro atoms. The largest absolute Gasteiger partial charge is 0.471 e. The SMILES string of the molecule is CCOC(=O)[C@@H](C)Oc1c(Cl)cc(Br)cc1[N+](=O)[O-]. The Balaban J connectivity index is 3.06. The highest BCUT2D eigenvalue weighted by atomic mass is 79.9. The van der Waals surface area contributed by atoms with Gasteiger partial charge in [-0.2, -0.15) is 0 Å². The minimum absolute atomic E-state index is 0.0391. The second-order valence-electron chi connectivity index (χ2n) is 3.51. The molecule has 0 saturated heterocycles. The van der Waals surface area contributed by atoms with E-state index in [0.29, 0.717) is 4.47 Å². The van der Waals surface area contributed by atoms with Crippen LogP contribution in [0.1, 0.15) is 13.8 Å². The van der Waals surface area contributed by atoms with Crippen molar-refractivity contribution in [3.63, 3.8) is 0 Å². The first-order valence-corrected chi connectivity index (χ1v) is 6.50. The van der Waals surface area contributed by atoms with Crippen LogP contribution in [0, 0.1) is 10.1 Å². The summed E-state index contributed by atoms with van der Waals surface area (Å²) >= 11 is 8.99. The first-order valence-electron chi connectivity index (χ1n) is 5.33. The standard InChI is InChI=1S/C11H11BrClNO5/c1-3-18-11(15)6(2)19-10-8(13)4-7(12)5-9(10)14(16)17/h4-6H,3H2,1-2H3/t6-/m1/s1. The third-order valence-corrected chi connectivity index (χ3v) is 2.84. The number of rotatable bonds is 5. The lowest BCUT2D eigenvalue weighted by molar-refractivity contribution is -0.386. The number of esters is 1. The molecular formula is C11H11BrClNO5. The van der Waals surface area contributed by atoms with Crippen LogP contribution in [0.2, 0.25) is 5.02 Å². The Labute approximate surface area is 122 Å². The van der Waals surface area contributed by atoms with Crippen molar-refractivity contribution in [2.45, 2.75) is 20.0 Å². The molecule has 0 aliphatic rings. The average molecular weight is 353 g/mol. The predicted molar refractivity (Wildman–Crippen MR) is 72.5 cm³/mol. The molecule has 0 amide bonds. The van der Waals surface area contributed by atoms with Crippen LogP contribution in [0.4, 0.5) is 5.69 Å². The lowest BCUT2D eigenvalue weighted by Crippen LogP contribution is -2.26. The Kier molecular flexibility index (Phi) is 5.56. The summed E-state index contributed by atoms with van der Waals surface area (Å²) in [5.41, 5.74) is -0.324. The van der Waals surface area contributed by atoms with Crippen LogP contribution in [-0.2, 0) is 9.53 Å². The second-order valence-corrected chi connectivity index (χ2v) is 4.83. The van der Waals surface area contributed by atoms with Gasteiger partial charge in [0, 0.05) is 10.5 Å². The topological polar surface area (TPSA) is 78.7 Å². The van der Waals surface area contributed by atoms with Gasteiger partial charge in [-0.05, 0) is 19.9 Å². The van der Waals surface area contributed by atoms with Gasteiger partial charge in [-0.25, -0.2) is 4.79 Å². The first-order chi connectivity index (χ1) is 8.86. The molecule has 0 aromatic heterocycles. The van der Waals surface area contributed by atoms with E-state index in [1.165, 1.54) is 19.1 Å². The molecular weight excluding hydrogens is 341 g/mol. The van der Waals surface area contributed by atoms with Crippen molar-refractivity contribution in [3.8, 4) is 5.75 Å². The van der Waals surface area contributed by atoms with Crippen molar-refractivity contribution in [2.24, 2.45) is 0 Å². The number of hydrogen-bond acceptors (Lipinski definition) is 5. The quantitative estimate of drug-likeness (QED) is 0.461. The van der Waals surface area contributed by atoms with Gasteiger partial charge in [0.15, 0.2) is 6.10 Å². The Morgan fingerprint density at radius 3 is 2.74 bits per heavy atom. The molecule has 104 valence electrons. The summed E-state index contributed by atoms with van der Waals surface area (Å²) in [5, 5.41) is 11.0. The molecule has 0 aliphatic carbocycles. The normalized spacial score (nSPS) is 11.8. The summed E-state index contributed by atoms with van der Waals surface area (Å²) < 4.78 is 10.4. The molecule has 1 atom stereocenters. The fraction of sp³-hybridized carbons (Fsp3) is 0.364. The van der Waals surface area contributed by atoms with E-state index in [1.807, 2.05) is 0 Å². The van der Waals surface area contributed by atoms with Crippen molar-refractivity contribution < 1.29 is 19.2 Å². The van der Waals surface area contributed by atoms with Crippen LogP contribution in [0.5, 0.6) is 5.75 Å². The van der Waals surface area contributed by atoms with E-state index >= 15 is 0 Å². The van der Waals surface area contributed by atoms with E-state index in [1.54, 1.807) is 6.92 Å². The van der Waals surface area contributed by atoms with Crippen LogP contribution < -0.4 is 4.74 Å². The predicted octanol–water partition coefficient (Wildman–Crippen LogP) is 3.34. The number of nitro groups is 1. The average Bonchev–Trinajstić information content (AvgIpc) is 2.32. The van der Waals surface area contributed by atoms with Gasteiger partial charge in [0.25, 0.3) is 0 Å². The minimum atomic E-state index is -0.989. The molecule has 0 unspecified atom stereocenters. The molecule has 8 heteroatoms. The minimum Gasteiger partial charge on any atom is -0.471 e. The lowest BCUT2D eigenvalue weighted by Gasteiger charge is -2.14. The Bertz CT molecular complexity index is 508. The van der Waals surface area contributed by atoms with Gasteiger partial charge in [-0.15, -0.1) is 0 Å². The summed E-state index contributed by atoms with van der Waals surface area (Å²) in [4.78, 5) is 21.7. The van der Waals surface area contributed by atoms with Crippen LogP contribution in [0.25, 0.3) is 0 Å². The second kappa shape index (κ2) is 6.72. The molecule has 0 fully saturated rings. The molecule has 0 heterocycles. The van der Waals surface area contributed by atoms with E-state index in [0.717, 1.165) is 0 Å². The summed E-state index contributed by atoms with van der Waals surface area (Å²) in [5.74, 6) is -0.772. The molecule has 1 aromatic carbocycles. The lowest BCUT2D eigenvalue weighted by atomic mass is 10.3. The third kappa shape index (κ3) is 4.07. The number of ether oxygens (including phenoxy) is 2. The number of benzene rings is 1. The van der Waals surface area contributed by atoms with Crippen molar-refractivity contribution >= 4 is 39.2 Å². The molecule has 0 bridgehead atoms. The zero-order valence-electron chi connectivity index (χ0n) is 10.2. The van der Waals surface area contributed by atoms with Crippen LogP contribution >= 0.6 is 27.5 Å². The molecule has 0 aliphatic heterocycles. The van der Waals surface area contributed by atoms with Crippen LogP contribution in [-0.4, -0.2) is 23.6 Å². The van der Waals surface area contributed by atoms with E-state index in [-0.39, 0.29) is 23.1 Å². The maximum atomic E-state index is 11.4. The highest BCUT2D eigenvalue weighted by Crippen LogP contribution is 2.38. The highest BCUT2D eigenvalue weighted by Gasteiger charge is 2.25. The fourth-order valence-electron chi connectivity index (χ4n) is 1.28. The molecule has 0 N–H and O–H groups in total. The van der Waals surface area contributed by atoms with Gasteiger partial charge in [-0.1, -0.05) is 27.5 Å². The zero-order valence-corrected chi connectivity index (χ0v) is 12.5. The summed E-state index contributed by atoms with van der Waals surface area (Å²) in [6.45, 7) is 3.28.